The number of benzene rings is 1. The topological polar surface area (TPSA) is 112 Å². The van der Waals surface area contributed by atoms with Crippen molar-refractivity contribution in [1.29, 1.82) is 0 Å². The quantitative estimate of drug-likeness (QED) is 0.631. The third kappa shape index (κ3) is 3.52. The van der Waals surface area contributed by atoms with Crippen LogP contribution in [0.3, 0.4) is 0 Å². The third-order valence-corrected chi connectivity index (χ3v) is 4.06. The molecule has 0 spiro atoms. The Morgan fingerprint density at radius 3 is 2.73 bits per heavy atom. The molecule has 0 atom stereocenters. The number of alkyl halides is 3. The molecule has 2 N–H and O–H groups in total. The number of rotatable bonds is 3. The minimum absolute atomic E-state index is 0.0908. The molecule has 11 heteroatoms. The van der Waals surface area contributed by atoms with Gasteiger partial charge in [-0.1, -0.05) is 6.07 Å². The number of nitro groups is 1. The summed E-state index contributed by atoms with van der Waals surface area (Å²) in [6.07, 6.45) is -4.55. The molecule has 2 heterocycles. The van der Waals surface area contributed by atoms with Crippen LogP contribution in [-0.4, -0.2) is 31.4 Å². The van der Waals surface area contributed by atoms with Crippen LogP contribution in [0.5, 0.6) is 5.75 Å². The van der Waals surface area contributed by atoms with Gasteiger partial charge in [0.2, 0.25) is 5.82 Å². The SMILES string of the molecule is O=c1[nH]c(C(F)(F)F)nc2c1CN(Cc1ccc([N+](=O)[O-])c(O)c1)CC2. The van der Waals surface area contributed by atoms with Gasteiger partial charge in [-0.15, -0.1) is 0 Å². The van der Waals surface area contributed by atoms with E-state index >= 15 is 0 Å². The molecule has 0 saturated carbocycles. The van der Waals surface area contributed by atoms with Crippen molar-refractivity contribution in [2.75, 3.05) is 6.54 Å². The predicted octanol–water partition coefficient (Wildman–Crippen LogP) is 1.96. The van der Waals surface area contributed by atoms with Crippen molar-refractivity contribution in [2.24, 2.45) is 0 Å². The van der Waals surface area contributed by atoms with Crippen LogP contribution in [0.4, 0.5) is 18.9 Å². The van der Waals surface area contributed by atoms with Crippen LogP contribution < -0.4 is 5.56 Å². The Balaban J connectivity index is 1.80. The summed E-state index contributed by atoms with van der Waals surface area (Å²) in [6, 6.07) is 3.90. The van der Waals surface area contributed by atoms with E-state index in [0.717, 1.165) is 0 Å². The van der Waals surface area contributed by atoms with E-state index in [-0.39, 0.29) is 30.8 Å². The maximum Gasteiger partial charge on any atom is 0.449 e. The highest BCUT2D eigenvalue weighted by Crippen LogP contribution is 2.28. The molecule has 1 aliphatic rings. The smallest absolute Gasteiger partial charge is 0.449 e. The number of aromatic hydroxyl groups is 1. The average Bonchev–Trinajstić information content (AvgIpc) is 2.54. The van der Waals surface area contributed by atoms with Crippen LogP contribution in [0.1, 0.15) is 22.6 Å². The molecule has 1 aliphatic heterocycles. The van der Waals surface area contributed by atoms with E-state index < -0.39 is 33.9 Å². The van der Waals surface area contributed by atoms with Crippen LogP contribution in [0.25, 0.3) is 0 Å². The lowest BCUT2D eigenvalue weighted by Gasteiger charge is -2.27. The predicted molar refractivity (Wildman–Crippen MR) is 82.4 cm³/mol. The Hall–Kier alpha value is -2.95. The molecule has 0 unspecified atom stereocenters. The molecule has 3 rings (SSSR count). The summed E-state index contributed by atoms with van der Waals surface area (Å²) in [5, 5.41) is 20.4. The minimum atomic E-state index is -4.72. The molecule has 0 aliphatic carbocycles. The zero-order valence-corrected chi connectivity index (χ0v) is 13.2. The van der Waals surface area contributed by atoms with E-state index in [0.29, 0.717) is 12.1 Å². The fourth-order valence-corrected chi connectivity index (χ4v) is 2.83. The van der Waals surface area contributed by atoms with E-state index in [9.17, 15) is 33.2 Å². The lowest BCUT2D eigenvalue weighted by atomic mass is 10.1. The second kappa shape index (κ2) is 6.41. The van der Waals surface area contributed by atoms with Gasteiger partial charge in [-0.05, 0) is 11.6 Å². The first-order valence-corrected chi connectivity index (χ1v) is 7.53. The zero-order chi connectivity index (χ0) is 19.1. The molecule has 0 amide bonds. The van der Waals surface area contributed by atoms with E-state index in [4.69, 9.17) is 0 Å². The molecular weight excluding hydrogens is 357 g/mol. The van der Waals surface area contributed by atoms with Crippen LogP contribution in [0.2, 0.25) is 0 Å². The van der Waals surface area contributed by atoms with Crippen molar-refractivity contribution in [1.82, 2.24) is 14.9 Å². The molecular formula is C15H13F3N4O4. The minimum Gasteiger partial charge on any atom is -0.502 e. The number of aromatic amines is 1. The van der Waals surface area contributed by atoms with Crippen molar-refractivity contribution in [3.8, 4) is 5.75 Å². The average molecular weight is 370 g/mol. The number of halogens is 3. The van der Waals surface area contributed by atoms with Gasteiger partial charge in [-0.2, -0.15) is 13.2 Å². The first kappa shape index (κ1) is 17.9. The summed E-state index contributed by atoms with van der Waals surface area (Å²) < 4.78 is 38.1. The van der Waals surface area contributed by atoms with Gasteiger partial charge in [-0.25, -0.2) is 4.98 Å². The normalized spacial score (nSPS) is 14.9. The number of phenolic OH excluding ortho intramolecular Hbond substituents is 1. The largest absolute Gasteiger partial charge is 0.502 e. The number of nitrogens with zero attached hydrogens (tertiary/aromatic N) is 3. The van der Waals surface area contributed by atoms with Crippen molar-refractivity contribution >= 4 is 5.69 Å². The number of nitro benzene ring substituents is 1. The fourth-order valence-electron chi connectivity index (χ4n) is 2.83. The maximum atomic E-state index is 12.7. The third-order valence-electron chi connectivity index (χ3n) is 4.06. The monoisotopic (exact) mass is 370 g/mol. The Labute approximate surface area is 144 Å². The highest BCUT2D eigenvalue weighted by atomic mass is 19.4. The molecule has 1 aromatic heterocycles. The second-order valence-corrected chi connectivity index (χ2v) is 5.88. The Morgan fingerprint density at radius 1 is 1.38 bits per heavy atom. The lowest BCUT2D eigenvalue weighted by Crippen LogP contribution is -2.36. The summed E-state index contributed by atoms with van der Waals surface area (Å²) in [6.45, 7) is 0.720. The van der Waals surface area contributed by atoms with Crippen LogP contribution in [0.15, 0.2) is 23.0 Å². The summed E-state index contributed by atoms with van der Waals surface area (Å²) in [5.41, 5.74) is -0.399. The number of hydrogen-bond acceptors (Lipinski definition) is 6. The van der Waals surface area contributed by atoms with E-state index in [1.54, 1.807) is 9.88 Å². The van der Waals surface area contributed by atoms with Gasteiger partial charge in [0.25, 0.3) is 5.56 Å². The Morgan fingerprint density at radius 2 is 2.12 bits per heavy atom. The summed E-state index contributed by atoms with van der Waals surface area (Å²) in [5.74, 6) is -1.78. The Kier molecular flexibility index (Phi) is 4.40. The number of fused-ring (bicyclic) bond motifs is 1. The van der Waals surface area contributed by atoms with Gasteiger partial charge in [0.05, 0.1) is 16.2 Å². The summed E-state index contributed by atoms with van der Waals surface area (Å²) in [7, 11) is 0. The van der Waals surface area contributed by atoms with Gasteiger partial charge in [0.1, 0.15) is 0 Å². The molecule has 0 radical (unpaired) electrons. The molecule has 26 heavy (non-hydrogen) atoms. The number of phenols is 1. The van der Waals surface area contributed by atoms with Crippen LogP contribution >= 0.6 is 0 Å². The number of nitrogens with one attached hydrogen (secondary N) is 1. The van der Waals surface area contributed by atoms with Crippen molar-refractivity contribution in [3.05, 3.63) is 61.3 Å². The van der Waals surface area contributed by atoms with Crippen LogP contribution in [-0.2, 0) is 25.7 Å². The number of aromatic nitrogens is 2. The zero-order valence-electron chi connectivity index (χ0n) is 13.2. The summed E-state index contributed by atoms with van der Waals surface area (Å²) >= 11 is 0. The van der Waals surface area contributed by atoms with Crippen molar-refractivity contribution in [3.63, 3.8) is 0 Å². The molecule has 2 aromatic rings. The second-order valence-electron chi connectivity index (χ2n) is 5.88. The summed E-state index contributed by atoms with van der Waals surface area (Å²) in [4.78, 5) is 29.0. The van der Waals surface area contributed by atoms with E-state index in [1.807, 2.05) is 0 Å². The van der Waals surface area contributed by atoms with Crippen molar-refractivity contribution in [2.45, 2.75) is 25.7 Å². The van der Waals surface area contributed by atoms with Gasteiger partial charge in [0.15, 0.2) is 5.75 Å². The highest BCUT2D eigenvalue weighted by molar-refractivity contribution is 5.47. The number of hydrogen-bond donors (Lipinski definition) is 2. The molecule has 8 nitrogen and oxygen atoms in total. The number of H-pyrrole nitrogens is 1. The van der Waals surface area contributed by atoms with Gasteiger partial charge < -0.3 is 10.1 Å². The molecule has 0 fully saturated rings. The van der Waals surface area contributed by atoms with Gasteiger partial charge >= 0.3 is 11.9 Å². The van der Waals surface area contributed by atoms with Crippen LogP contribution in [0, 0.1) is 10.1 Å². The van der Waals surface area contributed by atoms with Gasteiger partial charge in [-0.3, -0.25) is 19.8 Å². The highest BCUT2D eigenvalue weighted by Gasteiger charge is 2.36. The first-order chi connectivity index (χ1) is 12.1. The van der Waals surface area contributed by atoms with E-state index in [1.165, 1.54) is 18.2 Å². The molecule has 0 saturated heterocycles. The maximum absolute atomic E-state index is 12.7. The molecule has 0 bridgehead atoms. The Bertz CT molecular complexity index is 926. The fraction of sp³-hybridized carbons (Fsp3) is 0.333. The van der Waals surface area contributed by atoms with E-state index in [2.05, 4.69) is 4.98 Å². The standard InChI is InChI=1S/C15H13F3N4O4/c16-15(17,18)14-19-10-3-4-21(7-9(10)13(24)20-14)6-8-1-2-11(22(25)26)12(23)5-8/h1-2,5,23H,3-4,6-7H2,(H,19,20,24). The van der Waals surface area contributed by atoms with Gasteiger partial charge in [0, 0.05) is 32.1 Å². The lowest BCUT2D eigenvalue weighted by molar-refractivity contribution is -0.385. The molecule has 138 valence electrons. The van der Waals surface area contributed by atoms with Crippen molar-refractivity contribution < 1.29 is 23.2 Å². The molecule has 1 aromatic carbocycles. The first-order valence-electron chi connectivity index (χ1n) is 7.53.